The van der Waals surface area contributed by atoms with Crippen LogP contribution in [0.25, 0.3) is 10.6 Å². The number of nitrogens with one attached hydrogen (secondary N) is 2. The lowest BCUT2D eigenvalue weighted by molar-refractivity contribution is -0.162. The Morgan fingerprint density at radius 2 is 1.93 bits per heavy atom. The van der Waals surface area contributed by atoms with E-state index in [-0.39, 0.29) is 23.3 Å². The molecule has 0 spiro atoms. The molecule has 3 rings (SSSR count). The molecule has 10 nitrogen and oxygen atoms in total. The van der Waals surface area contributed by atoms with Gasteiger partial charge >= 0.3 is 5.97 Å². The zero-order valence-corrected chi connectivity index (χ0v) is 26.2. The Bertz CT molecular complexity index is 1220. The summed E-state index contributed by atoms with van der Waals surface area (Å²) in [5.41, 5.74) is 1.52. The highest BCUT2D eigenvalue weighted by Crippen LogP contribution is 2.35. The van der Waals surface area contributed by atoms with Gasteiger partial charge in [-0.05, 0) is 45.4 Å². The fraction of sp³-hybridized carbons (Fsp3) is 0.633. The zero-order chi connectivity index (χ0) is 30.6. The lowest BCUT2D eigenvalue weighted by Gasteiger charge is -2.37. The molecule has 12 heteroatoms. The number of carbonyl (C=O) groups excluding carboxylic acids is 2. The van der Waals surface area contributed by atoms with Gasteiger partial charge in [-0.15, -0.1) is 0 Å². The molecule has 0 bridgehead atoms. The van der Waals surface area contributed by atoms with Crippen LogP contribution in [-0.4, -0.2) is 69.8 Å². The van der Waals surface area contributed by atoms with Crippen molar-refractivity contribution < 1.29 is 34.4 Å². The van der Waals surface area contributed by atoms with Crippen molar-refractivity contribution in [3.8, 4) is 10.6 Å². The molecule has 1 amide bonds. The van der Waals surface area contributed by atoms with Crippen molar-refractivity contribution in [1.29, 1.82) is 0 Å². The molecule has 234 valence electrons. The maximum atomic E-state index is 12.2. The van der Waals surface area contributed by atoms with E-state index in [1.807, 2.05) is 24.5 Å². The molecule has 0 radical (unpaired) electrons. The van der Waals surface area contributed by atoms with Crippen LogP contribution in [0.3, 0.4) is 0 Å². The normalized spacial score (nSPS) is 22.9. The van der Waals surface area contributed by atoms with E-state index < -0.39 is 30.4 Å². The number of aromatic amines is 1. The molecule has 0 aliphatic carbocycles. The maximum absolute atomic E-state index is 12.2. The van der Waals surface area contributed by atoms with E-state index in [0.717, 1.165) is 29.8 Å². The van der Waals surface area contributed by atoms with Gasteiger partial charge in [-0.25, -0.2) is 4.79 Å². The molecule has 3 aliphatic heterocycles. The first-order chi connectivity index (χ1) is 20.1. The first kappa shape index (κ1) is 34.1. The van der Waals surface area contributed by atoms with Crippen LogP contribution in [0, 0.1) is 11.8 Å². The van der Waals surface area contributed by atoms with E-state index in [2.05, 4.69) is 10.3 Å². The Morgan fingerprint density at radius 1 is 1.19 bits per heavy atom. The first-order valence-electron chi connectivity index (χ1n) is 14.6. The molecule has 0 aromatic carbocycles. The van der Waals surface area contributed by atoms with Crippen LogP contribution in [0.5, 0.6) is 0 Å². The molecular weight excluding hydrogens is 580 g/mol. The summed E-state index contributed by atoms with van der Waals surface area (Å²) in [6.07, 6.45) is 7.40. The summed E-state index contributed by atoms with van der Waals surface area (Å²) in [6.45, 7) is 5.99. The van der Waals surface area contributed by atoms with E-state index >= 15 is 0 Å². The minimum Gasteiger partial charge on any atom is -0.463 e. The van der Waals surface area contributed by atoms with Crippen molar-refractivity contribution in [1.82, 2.24) is 4.98 Å². The molecular formula is C30H44N2O8S2. The van der Waals surface area contributed by atoms with Crippen molar-refractivity contribution in [3.63, 3.8) is 0 Å². The SMILES string of the molecule is C/C(=C\C(=O)OCCCCCCCC(=O)Nc1c2sscc-2[nH]c1=O)C[C@@H]1OC[C@H](C/C=C/[C@@H](C)[C@H](C)O)[C@@H](O)[C@H]1O. The average molecular weight is 625 g/mol. The second kappa shape index (κ2) is 17.1. The second-order valence-corrected chi connectivity index (χ2v) is 13.3. The Balaban J connectivity index is 1.25. The van der Waals surface area contributed by atoms with Gasteiger partial charge in [0.2, 0.25) is 5.91 Å². The predicted octanol–water partition coefficient (Wildman–Crippen LogP) is 4.46. The smallest absolute Gasteiger partial charge is 0.330 e. The fourth-order valence-electron chi connectivity index (χ4n) is 4.75. The Labute approximate surface area is 254 Å². The number of aliphatic hydroxyl groups excluding tert-OH is 3. The maximum Gasteiger partial charge on any atom is 0.330 e. The number of fused-ring (bicyclic) bond motifs is 1. The molecule has 3 heterocycles. The largest absolute Gasteiger partial charge is 0.463 e. The summed E-state index contributed by atoms with van der Waals surface area (Å²) in [7, 11) is 2.97. The van der Waals surface area contributed by atoms with Crippen LogP contribution in [0.2, 0.25) is 0 Å². The molecule has 0 unspecified atom stereocenters. The number of allylic oxidation sites excluding steroid dienone is 1. The summed E-state index contributed by atoms with van der Waals surface area (Å²) < 4.78 is 11.1. The van der Waals surface area contributed by atoms with Crippen molar-refractivity contribution >= 4 is 38.2 Å². The average Bonchev–Trinajstić information content (AvgIpc) is 3.50. The Morgan fingerprint density at radius 3 is 2.69 bits per heavy atom. The van der Waals surface area contributed by atoms with E-state index in [9.17, 15) is 29.7 Å². The van der Waals surface area contributed by atoms with Crippen LogP contribution in [0.4, 0.5) is 5.69 Å². The molecule has 1 saturated heterocycles. The number of rotatable bonds is 16. The number of aromatic nitrogens is 1. The molecule has 0 aromatic rings. The van der Waals surface area contributed by atoms with Crippen LogP contribution in [0.15, 0.2) is 34.0 Å². The molecule has 6 atom stereocenters. The van der Waals surface area contributed by atoms with E-state index in [1.54, 1.807) is 13.8 Å². The summed E-state index contributed by atoms with van der Waals surface area (Å²) in [5, 5.41) is 35.3. The third-order valence-electron chi connectivity index (χ3n) is 7.57. The van der Waals surface area contributed by atoms with Gasteiger partial charge in [0.25, 0.3) is 5.56 Å². The molecule has 42 heavy (non-hydrogen) atoms. The molecule has 0 saturated carbocycles. The van der Waals surface area contributed by atoms with Crippen molar-refractivity contribution in [2.45, 2.75) is 96.6 Å². The monoisotopic (exact) mass is 624 g/mol. The zero-order valence-electron chi connectivity index (χ0n) is 24.5. The second-order valence-electron chi connectivity index (χ2n) is 11.2. The molecule has 0 aromatic heterocycles. The highest BCUT2D eigenvalue weighted by molar-refractivity contribution is 7.70. The lowest BCUT2D eigenvalue weighted by atomic mass is 9.87. The number of esters is 1. The van der Waals surface area contributed by atoms with Gasteiger partial charge in [0.15, 0.2) is 0 Å². The fourth-order valence-corrected chi connectivity index (χ4v) is 6.91. The molecule has 5 N–H and O–H groups in total. The van der Waals surface area contributed by atoms with Gasteiger partial charge in [0, 0.05) is 23.8 Å². The van der Waals surface area contributed by atoms with Gasteiger partial charge in [-0.3, -0.25) is 9.59 Å². The number of carbonyl (C=O) groups is 2. The standard InChI is InChI=1S/C30H44N2O8S2/c1-18(14-23-28(37)27(36)21(16-40-23)11-9-10-19(2)20(3)33)15-25(35)39-13-8-6-4-5-7-12-24(34)32-26-29-22(17-41-42-29)31-30(26)38/h9-10,15,17,19-21,23,27-28,33,36-37H,4-8,11-14,16H2,1-3H3,(H,31,38)(H,32,34)/b10-9+,18-15+/t19-,20+,21+,23+,27-,28+/m1/s1. The number of unbranched alkanes of at least 4 members (excludes halogenated alkanes) is 4. The summed E-state index contributed by atoms with van der Waals surface area (Å²) in [4.78, 5) is 39.9. The van der Waals surface area contributed by atoms with E-state index in [0.29, 0.717) is 56.6 Å². The van der Waals surface area contributed by atoms with Gasteiger partial charge in [-0.1, -0.05) is 64.6 Å². The summed E-state index contributed by atoms with van der Waals surface area (Å²) >= 11 is 0. The number of ether oxygens (including phenoxy) is 2. The summed E-state index contributed by atoms with van der Waals surface area (Å²) in [6, 6.07) is 0. The summed E-state index contributed by atoms with van der Waals surface area (Å²) in [5.74, 6) is -0.854. The first-order valence-corrected chi connectivity index (χ1v) is 16.8. The number of anilines is 1. The van der Waals surface area contributed by atoms with Gasteiger partial charge < -0.3 is 35.1 Å². The van der Waals surface area contributed by atoms with Crippen molar-refractivity contribution in [2.75, 3.05) is 18.5 Å². The van der Waals surface area contributed by atoms with Crippen LogP contribution in [0.1, 0.15) is 72.1 Å². The third kappa shape index (κ3) is 10.4. The quantitative estimate of drug-likeness (QED) is 0.0602. The molecule has 1 fully saturated rings. The number of hydrogen-bond donors (Lipinski definition) is 5. The van der Waals surface area contributed by atoms with Gasteiger partial charge in [-0.2, -0.15) is 0 Å². The van der Waals surface area contributed by atoms with E-state index in [4.69, 9.17) is 9.47 Å². The molecule has 3 aliphatic rings. The number of H-pyrrole nitrogens is 1. The van der Waals surface area contributed by atoms with Crippen LogP contribution in [-0.2, 0) is 19.1 Å². The topological polar surface area (TPSA) is 158 Å². The number of aliphatic hydroxyl groups is 3. The predicted molar refractivity (Wildman–Crippen MR) is 165 cm³/mol. The minimum atomic E-state index is -1.06. The number of amides is 1. The van der Waals surface area contributed by atoms with Gasteiger partial charge in [0.1, 0.15) is 11.8 Å². The Hall–Kier alpha value is -2.35. The van der Waals surface area contributed by atoms with E-state index in [1.165, 1.54) is 26.8 Å². The highest BCUT2D eigenvalue weighted by Gasteiger charge is 2.37. The minimum absolute atomic E-state index is 0.00597. The van der Waals surface area contributed by atoms with Crippen molar-refractivity contribution in [3.05, 3.63) is 39.5 Å². The van der Waals surface area contributed by atoms with Crippen molar-refractivity contribution in [2.24, 2.45) is 11.8 Å². The lowest BCUT2D eigenvalue weighted by Crippen LogP contribution is -2.50. The third-order valence-corrected chi connectivity index (χ3v) is 9.66. The van der Waals surface area contributed by atoms with Crippen LogP contribution >= 0.6 is 20.7 Å². The van der Waals surface area contributed by atoms with Crippen LogP contribution < -0.4 is 10.9 Å². The van der Waals surface area contributed by atoms with Gasteiger partial charge in [0.05, 0.1) is 42.1 Å². The number of hydrogen-bond acceptors (Lipinski definition) is 10. The Kier molecular flexibility index (Phi) is 13.9. The highest BCUT2D eigenvalue weighted by atomic mass is 32.9.